The summed E-state index contributed by atoms with van der Waals surface area (Å²) in [6, 6.07) is 10.3. The zero-order valence-corrected chi connectivity index (χ0v) is 14.7. The number of carbonyl (C=O) groups is 1. The first-order valence-corrected chi connectivity index (χ1v) is 11.3. The second-order valence-electron chi connectivity index (χ2n) is 7.13. The standard InChI is InChI=1S/C18H26O2Si/c1-6-20-17(19)16-15(12-13-21(3,4)5)18(16,2)14-10-8-7-9-11-14/h7-13,15-16H,6H2,1-5H3/b13-12+/t15-,16-,18?/m1/s1. The Labute approximate surface area is 129 Å². The van der Waals surface area contributed by atoms with E-state index in [-0.39, 0.29) is 23.2 Å². The maximum atomic E-state index is 12.3. The van der Waals surface area contributed by atoms with Gasteiger partial charge in [-0.25, -0.2) is 0 Å². The van der Waals surface area contributed by atoms with Gasteiger partial charge in [0.2, 0.25) is 0 Å². The fourth-order valence-corrected chi connectivity index (χ4v) is 3.83. The van der Waals surface area contributed by atoms with E-state index in [0.29, 0.717) is 6.61 Å². The zero-order valence-electron chi connectivity index (χ0n) is 13.7. The molecule has 0 spiro atoms. The van der Waals surface area contributed by atoms with Gasteiger partial charge in [0.15, 0.2) is 0 Å². The highest BCUT2D eigenvalue weighted by atomic mass is 28.3. The molecule has 1 aliphatic rings. The van der Waals surface area contributed by atoms with Crippen molar-refractivity contribution in [3.05, 3.63) is 47.7 Å². The van der Waals surface area contributed by atoms with Crippen molar-refractivity contribution in [1.82, 2.24) is 0 Å². The zero-order chi connectivity index (χ0) is 15.7. The maximum absolute atomic E-state index is 12.3. The smallest absolute Gasteiger partial charge is 0.310 e. The molecule has 114 valence electrons. The Morgan fingerprint density at radius 1 is 1.29 bits per heavy atom. The molecule has 21 heavy (non-hydrogen) atoms. The van der Waals surface area contributed by atoms with Crippen LogP contribution in [0.4, 0.5) is 0 Å². The van der Waals surface area contributed by atoms with Gasteiger partial charge in [-0.15, -0.1) is 0 Å². The molecule has 0 aromatic heterocycles. The van der Waals surface area contributed by atoms with Crippen molar-refractivity contribution in [2.45, 2.75) is 38.9 Å². The van der Waals surface area contributed by atoms with E-state index in [1.54, 1.807) is 0 Å². The van der Waals surface area contributed by atoms with Gasteiger partial charge in [-0.2, -0.15) is 0 Å². The van der Waals surface area contributed by atoms with Gasteiger partial charge in [0.25, 0.3) is 0 Å². The highest BCUT2D eigenvalue weighted by Gasteiger charge is 2.65. The third kappa shape index (κ3) is 3.29. The third-order valence-corrected chi connectivity index (χ3v) is 5.52. The Balaban J connectivity index is 2.29. The van der Waals surface area contributed by atoms with Gasteiger partial charge >= 0.3 is 5.97 Å². The van der Waals surface area contributed by atoms with Crippen LogP contribution in [-0.4, -0.2) is 20.7 Å². The van der Waals surface area contributed by atoms with E-state index in [1.807, 2.05) is 25.1 Å². The molecule has 1 aromatic carbocycles. The highest BCUT2D eigenvalue weighted by molar-refractivity contribution is 6.80. The number of allylic oxidation sites excluding steroid dienone is 1. The van der Waals surface area contributed by atoms with Crippen LogP contribution in [0.15, 0.2) is 42.1 Å². The van der Waals surface area contributed by atoms with E-state index in [1.165, 1.54) is 5.56 Å². The van der Waals surface area contributed by atoms with Crippen molar-refractivity contribution in [3.8, 4) is 0 Å². The second kappa shape index (κ2) is 5.80. The van der Waals surface area contributed by atoms with Crippen LogP contribution in [0.1, 0.15) is 19.4 Å². The molecule has 0 bridgehead atoms. The lowest BCUT2D eigenvalue weighted by Crippen LogP contribution is -2.15. The summed E-state index contributed by atoms with van der Waals surface area (Å²) in [7, 11) is -1.26. The van der Waals surface area contributed by atoms with Gasteiger partial charge < -0.3 is 4.74 Å². The van der Waals surface area contributed by atoms with Crippen LogP contribution in [0.25, 0.3) is 0 Å². The molecule has 1 fully saturated rings. The topological polar surface area (TPSA) is 26.3 Å². The summed E-state index contributed by atoms with van der Waals surface area (Å²) in [4.78, 5) is 12.3. The van der Waals surface area contributed by atoms with E-state index in [0.717, 1.165) is 0 Å². The fraction of sp³-hybridized carbons (Fsp3) is 0.500. The summed E-state index contributed by atoms with van der Waals surface area (Å²) >= 11 is 0. The fourth-order valence-electron chi connectivity index (χ4n) is 3.04. The first-order chi connectivity index (χ1) is 9.80. The second-order valence-corrected chi connectivity index (χ2v) is 12.2. The Morgan fingerprint density at radius 2 is 1.90 bits per heavy atom. The summed E-state index contributed by atoms with van der Waals surface area (Å²) in [6.45, 7) is 11.4. The predicted molar refractivity (Wildman–Crippen MR) is 89.9 cm³/mol. The summed E-state index contributed by atoms with van der Waals surface area (Å²) in [5, 5.41) is 0. The van der Waals surface area contributed by atoms with Gasteiger partial charge in [0.1, 0.15) is 0 Å². The van der Waals surface area contributed by atoms with E-state index >= 15 is 0 Å². The first kappa shape index (κ1) is 16.0. The minimum absolute atomic E-state index is 0.0487. The highest BCUT2D eigenvalue weighted by Crippen LogP contribution is 2.61. The van der Waals surface area contributed by atoms with E-state index in [2.05, 4.69) is 50.5 Å². The number of ether oxygens (including phenoxy) is 1. The lowest BCUT2D eigenvalue weighted by molar-refractivity contribution is -0.145. The molecule has 3 heteroatoms. The van der Waals surface area contributed by atoms with E-state index in [4.69, 9.17) is 4.74 Å². The molecule has 1 saturated carbocycles. The van der Waals surface area contributed by atoms with Gasteiger partial charge in [0.05, 0.1) is 20.6 Å². The van der Waals surface area contributed by atoms with E-state index in [9.17, 15) is 4.79 Å². The molecule has 0 heterocycles. The number of esters is 1. The molecule has 0 saturated heterocycles. The van der Waals surface area contributed by atoms with Crippen LogP contribution in [0.3, 0.4) is 0 Å². The molecule has 3 atom stereocenters. The molecule has 1 unspecified atom stereocenters. The summed E-state index contributed by atoms with van der Waals surface area (Å²) in [5.41, 5.74) is 3.45. The molecule has 2 rings (SSSR count). The molecule has 0 radical (unpaired) electrons. The van der Waals surface area contributed by atoms with Crippen molar-refractivity contribution in [2.75, 3.05) is 6.61 Å². The summed E-state index contributed by atoms with van der Waals surface area (Å²) in [6.07, 6.45) is 2.26. The minimum atomic E-state index is -1.26. The molecular formula is C18H26O2Si. The van der Waals surface area contributed by atoms with Crippen molar-refractivity contribution in [2.24, 2.45) is 11.8 Å². The minimum Gasteiger partial charge on any atom is -0.466 e. The maximum Gasteiger partial charge on any atom is 0.310 e. The van der Waals surface area contributed by atoms with Crippen LogP contribution in [-0.2, 0) is 14.9 Å². The molecule has 1 aromatic rings. The number of carbonyl (C=O) groups excluding carboxylic acids is 1. The number of benzene rings is 1. The number of hydrogen-bond acceptors (Lipinski definition) is 2. The quantitative estimate of drug-likeness (QED) is 0.602. The Bertz CT molecular complexity index is 530. The SMILES string of the molecule is CCOC(=O)[C@H]1[C@@H](/C=C/[Si](C)(C)C)C1(C)c1ccccc1. The number of hydrogen-bond donors (Lipinski definition) is 0. The van der Waals surface area contributed by atoms with Gasteiger partial charge in [-0.05, 0) is 12.5 Å². The Morgan fingerprint density at radius 3 is 2.43 bits per heavy atom. The average molecular weight is 302 g/mol. The van der Waals surface area contributed by atoms with Gasteiger partial charge in [0, 0.05) is 11.3 Å². The normalized spacial score (nSPS) is 28.6. The van der Waals surface area contributed by atoms with Crippen molar-refractivity contribution in [3.63, 3.8) is 0 Å². The Kier molecular flexibility index (Phi) is 4.42. The molecule has 0 aliphatic heterocycles. The largest absolute Gasteiger partial charge is 0.466 e. The monoisotopic (exact) mass is 302 g/mol. The number of rotatable bonds is 5. The predicted octanol–water partition coefficient (Wildman–Crippen LogP) is 4.19. The lowest BCUT2D eigenvalue weighted by Gasteiger charge is -2.12. The van der Waals surface area contributed by atoms with E-state index < -0.39 is 8.07 Å². The van der Waals surface area contributed by atoms with Crippen LogP contribution >= 0.6 is 0 Å². The van der Waals surface area contributed by atoms with Crippen LogP contribution in [0, 0.1) is 11.8 Å². The van der Waals surface area contributed by atoms with Crippen molar-refractivity contribution in [1.29, 1.82) is 0 Å². The van der Waals surface area contributed by atoms with Crippen molar-refractivity contribution < 1.29 is 9.53 Å². The molecule has 2 nitrogen and oxygen atoms in total. The van der Waals surface area contributed by atoms with Crippen LogP contribution < -0.4 is 0 Å². The van der Waals surface area contributed by atoms with Crippen LogP contribution in [0.5, 0.6) is 0 Å². The van der Waals surface area contributed by atoms with Crippen molar-refractivity contribution >= 4 is 14.0 Å². The summed E-state index contributed by atoms with van der Waals surface area (Å²) in [5.74, 6) is 0.146. The Hall–Kier alpha value is -1.35. The van der Waals surface area contributed by atoms with Gasteiger partial charge in [-0.3, -0.25) is 4.79 Å². The average Bonchev–Trinajstić information content (AvgIpc) is 3.04. The first-order valence-electron chi connectivity index (χ1n) is 7.72. The molecule has 0 amide bonds. The third-order valence-electron chi connectivity index (χ3n) is 4.33. The molecular weight excluding hydrogens is 276 g/mol. The molecule has 1 aliphatic carbocycles. The summed E-state index contributed by atoms with van der Waals surface area (Å²) < 4.78 is 5.28. The van der Waals surface area contributed by atoms with Gasteiger partial charge in [-0.1, -0.05) is 68.7 Å². The lowest BCUT2D eigenvalue weighted by atomic mass is 9.94. The van der Waals surface area contributed by atoms with Crippen LogP contribution in [0.2, 0.25) is 19.6 Å². The molecule has 0 N–H and O–H groups in total.